The molecule has 0 spiro atoms. The molecule has 0 atom stereocenters. The van der Waals surface area contributed by atoms with E-state index in [1.165, 1.54) is 30.0 Å². The summed E-state index contributed by atoms with van der Waals surface area (Å²) in [6.07, 6.45) is 6.80. The maximum absolute atomic E-state index is 5.84. The first-order valence-electron chi connectivity index (χ1n) is 10.00. The Kier molecular flexibility index (Phi) is 6.76. The Bertz CT molecular complexity index is 802. The first-order valence-corrected chi connectivity index (χ1v) is 10.9. The standard InChI is InChI=1S/C22H28N4OS/c1-3-22(28-16-1)18-25-10-2-9-24(12-13-25)17-20-4-6-21(7-5-20)27-15-14-26-11-8-23-19-26/h1,3-8,11,16,19H,2,9-10,12-15,17-18H2. The van der Waals surface area contributed by atoms with E-state index >= 15 is 0 Å². The zero-order valence-electron chi connectivity index (χ0n) is 16.2. The van der Waals surface area contributed by atoms with Crippen LogP contribution >= 0.6 is 11.3 Å². The number of aromatic nitrogens is 2. The fourth-order valence-corrected chi connectivity index (χ4v) is 4.35. The Morgan fingerprint density at radius 1 is 0.964 bits per heavy atom. The van der Waals surface area contributed by atoms with Crippen LogP contribution in [0.3, 0.4) is 0 Å². The Morgan fingerprint density at radius 3 is 2.50 bits per heavy atom. The lowest BCUT2D eigenvalue weighted by Crippen LogP contribution is -2.30. The van der Waals surface area contributed by atoms with Crippen molar-refractivity contribution < 1.29 is 4.74 Å². The van der Waals surface area contributed by atoms with Gasteiger partial charge in [0.25, 0.3) is 0 Å². The van der Waals surface area contributed by atoms with Gasteiger partial charge in [-0.25, -0.2) is 4.98 Å². The molecule has 0 bridgehead atoms. The molecular formula is C22H28N4OS. The van der Waals surface area contributed by atoms with E-state index < -0.39 is 0 Å². The topological polar surface area (TPSA) is 33.5 Å². The molecule has 28 heavy (non-hydrogen) atoms. The van der Waals surface area contributed by atoms with Crippen LogP contribution in [0.15, 0.2) is 60.5 Å². The summed E-state index contributed by atoms with van der Waals surface area (Å²) in [6, 6.07) is 13.0. The molecule has 1 saturated heterocycles. The van der Waals surface area contributed by atoms with Crippen LogP contribution in [-0.4, -0.2) is 52.1 Å². The lowest BCUT2D eigenvalue weighted by molar-refractivity contribution is 0.248. The van der Waals surface area contributed by atoms with Gasteiger partial charge in [0.2, 0.25) is 0 Å². The molecule has 0 N–H and O–H groups in total. The summed E-state index contributed by atoms with van der Waals surface area (Å²) in [5, 5.41) is 2.17. The molecule has 1 fully saturated rings. The lowest BCUT2D eigenvalue weighted by Gasteiger charge is -2.21. The van der Waals surface area contributed by atoms with Gasteiger partial charge in [-0.3, -0.25) is 9.80 Å². The van der Waals surface area contributed by atoms with Crippen molar-refractivity contribution in [2.75, 3.05) is 32.8 Å². The van der Waals surface area contributed by atoms with Gasteiger partial charge in [-0.05, 0) is 48.7 Å². The van der Waals surface area contributed by atoms with Gasteiger partial charge in [0.15, 0.2) is 0 Å². The number of thiophene rings is 1. The quantitative estimate of drug-likeness (QED) is 0.581. The zero-order valence-corrected chi connectivity index (χ0v) is 17.1. The monoisotopic (exact) mass is 396 g/mol. The van der Waals surface area contributed by atoms with Crippen LogP contribution in [0.5, 0.6) is 5.75 Å². The third-order valence-electron chi connectivity index (χ3n) is 5.15. The first kappa shape index (κ1) is 19.2. The largest absolute Gasteiger partial charge is 0.492 e. The van der Waals surface area contributed by atoms with Gasteiger partial charge < -0.3 is 9.30 Å². The summed E-state index contributed by atoms with van der Waals surface area (Å²) in [6.45, 7) is 8.22. The average Bonchev–Trinajstić information content (AvgIpc) is 3.37. The number of ether oxygens (including phenoxy) is 1. The predicted molar refractivity (Wildman–Crippen MR) is 114 cm³/mol. The van der Waals surface area contributed by atoms with Crippen LogP contribution in [-0.2, 0) is 19.6 Å². The van der Waals surface area contributed by atoms with Crippen molar-refractivity contribution in [3.05, 3.63) is 70.9 Å². The molecule has 5 nitrogen and oxygen atoms in total. The number of benzene rings is 1. The second kappa shape index (κ2) is 9.87. The fourth-order valence-electron chi connectivity index (χ4n) is 3.60. The molecule has 1 aliphatic rings. The molecule has 4 rings (SSSR count). The minimum absolute atomic E-state index is 0.655. The third-order valence-corrected chi connectivity index (χ3v) is 6.01. The summed E-state index contributed by atoms with van der Waals surface area (Å²) in [5.41, 5.74) is 1.36. The minimum atomic E-state index is 0.655. The molecule has 2 aromatic heterocycles. The van der Waals surface area contributed by atoms with Crippen LogP contribution in [0.25, 0.3) is 0 Å². The van der Waals surface area contributed by atoms with E-state index in [1.807, 2.05) is 28.4 Å². The van der Waals surface area contributed by atoms with Crippen molar-refractivity contribution in [3.63, 3.8) is 0 Å². The summed E-state index contributed by atoms with van der Waals surface area (Å²) >= 11 is 1.86. The molecule has 6 heteroatoms. The molecule has 148 valence electrons. The Labute approximate surface area is 171 Å². The molecule has 1 aromatic carbocycles. The second-order valence-corrected chi connectivity index (χ2v) is 8.31. The van der Waals surface area contributed by atoms with Gasteiger partial charge >= 0.3 is 0 Å². The SMILES string of the molecule is c1csc(CN2CCCN(Cc3ccc(OCCn4ccnc4)cc3)CC2)c1. The number of imidazole rings is 1. The van der Waals surface area contributed by atoms with Crippen LogP contribution in [0.4, 0.5) is 0 Å². The first-order chi connectivity index (χ1) is 13.8. The molecule has 3 aromatic rings. The maximum atomic E-state index is 5.84. The van der Waals surface area contributed by atoms with Gasteiger partial charge in [0.05, 0.1) is 12.9 Å². The number of rotatable bonds is 8. The van der Waals surface area contributed by atoms with Crippen molar-refractivity contribution in [2.24, 2.45) is 0 Å². The van der Waals surface area contributed by atoms with Crippen molar-refractivity contribution in [1.29, 1.82) is 0 Å². The van der Waals surface area contributed by atoms with Crippen molar-refractivity contribution in [3.8, 4) is 5.75 Å². The van der Waals surface area contributed by atoms with Gasteiger partial charge in [-0.1, -0.05) is 18.2 Å². The van der Waals surface area contributed by atoms with Gasteiger partial charge in [-0.2, -0.15) is 0 Å². The van der Waals surface area contributed by atoms with Crippen molar-refractivity contribution >= 4 is 11.3 Å². The molecule has 0 unspecified atom stereocenters. The predicted octanol–water partition coefficient (Wildman–Crippen LogP) is 3.73. The number of nitrogens with zero attached hydrogens (tertiary/aromatic N) is 4. The molecule has 3 heterocycles. The zero-order chi connectivity index (χ0) is 19.0. The summed E-state index contributed by atoms with van der Waals surface area (Å²) in [4.78, 5) is 10.7. The second-order valence-electron chi connectivity index (χ2n) is 7.28. The molecule has 0 saturated carbocycles. The van der Waals surface area contributed by atoms with Crippen LogP contribution in [0.1, 0.15) is 16.9 Å². The Hall–Kier alpha value is -2.15. The number of hydrogen-bond donors (Lipinski definition) is 0. The normalized spacial score (nSPS) is 16.1. The molecular weight excluding hydrogens is 368 g/mol. The molecule has 1 aliphatic heterocycles. The van der Waals surface area contributed by atoms with E-state index in [9.17, 15) is 0 Å². The van der Waals surface area contributed by atoms with E-state index in [0.717, 1.165) is 38.5 Å². The van der Waals surface area contributed by atoms with Crippen molar-refractivity contribution in [1.82, 2.24) is 19.4 Å². The van der Waals surface area contributed by atoms with Gasteiger partial charge in [-0.15, -0.1) is 11.3 Å². The van der Waals surface area contributed by atoms with Crippen molar-refractivity contribution in [2.45, 2.75) is 26.1 Å². The highest BCUT2D eigenvalue weighted by Crippen LogP contribution is 2.17. The van der Waals surface area contributed by atoms with Gasteiger partial charge in [0, 0.05) is 43.4 Å². The van der Waals surface area contributed by atoms with E-state index in [0.29, 0.717) is 6.61 Å². The Balaban J connectivity index is 1.21. The van der Waals surface area contributed by atoms with Crippen LogP contribution in [0.2, 0.25) is 0 Å². The fraction of sp³-hybridized carbons (Fsp3) is 0.409. The summed E-state index contributed by atoms with van der Waals surface area (Å²) in [7, 11) is 0. The van der Waals surface area contributed by atoms with E-state index in [-0.39, 0.29) is 0 Å². The van der Waals surface area contributed by atoms with E-state index in [1.54, 1.807) is 6.20 Å². The number of hydrogen-bond acceptors (Lipinski definition) is 5. The average molecular weight is 397 g/mol. The summed E-state index contributed by atoms with van der Waals surface area (Å²) in [5.74, 6) is 0.932. The van der Waals surface area contributed by atoms with Gasteiger partial charge in [0.1, 0.15) is 12.4 Å². The van der Waals surface area contributed by atoms with E-state index in [2.05, 4.69) is 56.6 Å². The maximum Gasteiger partial charge on any atom is 0.119 e. The highest BCUT2D eigenvalue weighted by molar-refractivity contribution is 7.09. The highest BCUT2D eigenvalue weighted by Gasteiger charge is 2.15. The summed E-state index contributed by atoms with van der Waals surface area (Å²) < 4.78 is 7.86. The highest BCUT2D eigenvalue weighted by atomic mass is 32.1. The molecule has 0 amide bonds. The Morgan fingerprint density at radius 2 is 1.79 bits per heavy atom. The minimum Gasteiger partial charge on any atom is -0.492 e. The van der Waals surface area contributed by atoms with Crippen LogP contribution in [0, 0.1) is 0 Å². The third kappa shape index (κ3) is 5.67. The smallest absolute Gasteiger partial charge is 0.119 e. The van der Waals surface area contributed by atoms with Crippen LogP contribution < -0.4 is 4.74 Å². The molecule has 0 radical (unpaired) electrons. The van der Waals surface area contributed by atoms with E-state index in [4.69, 9.17) is 4.74 Å². The lowest BCUT2D eigenvalue weighted by atomic mass is 10.2. The molecule has 0 aliphatic carbocycles.